The first-order valence-electron chi connectivity index (χ1n) is 6.06. The highest BCUT2D eigenvalue weighted by atomic mass is 35.5. The van der Waals surface area contributed by atoms with Crippen molar-refractivity contribution in [2.45, 2.75) is 29.5 Å². The van der Waals surface area contributed by atoms with E-state index in [-0.39, 0.29) is 28.6 Å². The van der Waals surface area contributed by atoms with Crippen LogP contribution < -0.4 is 10.9 Å². The molecular formula is C11H18ClN3O3S2. The lowest BCUT2D eigenvalue weighted by Gasteiger charge is -2.34. The molecule has 1 aromatic heterocycles. The summed E-state index contributed by atoms with van der Waals surface area (Å²) in [4.78, 5) is 14.1. The number of hydrogen-bond donors (Lipinski definition) is 2. The van der Waals surface area contributed by atoms with Gasteiger partial charge in [-0.2, -0.15) is 0 Å². The SMILES string of the molecule is Cl.NCC1CCCCN1C(=O)c1csc(S(N)(=O)=O)c1. The number of carbonyl (C=O) groups is 1. The predicted molar refractivity (Wildman–Crippen MR) is 80.7 cm³/mol. The Morgan fingerprint density at radius 1 is 1.45 bits per heavy atom. The van der Waals surface area contributed by atoms with Gasteiger partial charge in [-0.1, -0.05) is 0 Å². The van der Waals surface area contributed by atoms with Crippen molar-refractivity contribution in [3.05, 3.63) is 17.0 Å². The van der Waals surface area contributed by atoms with Crippen LogP contribution >= 0.6 is 23.7 Å². The van der Waals surface area contributed by atoms with Crippen LogP contribution in [0.3, 0.4) is 0 Å². The molecule has 1 atom stereocenters. The van der Waals surface area contributed by atoms with Crippen LogP contribution in [0.1, 0.15) is 29.6 Å². The predicted octanol–water partition coefficient (Wildman–Crippen LogP) is 0.771. The van der Waals surface area contributed by atoms with E-state index >= 15 is 0 Å². The average Bonchev–Trinajstić information content (AvgIpc) is 2.87. The summed E-state index contributed by atoms with van der Waals surface area (Å²) in [7, 11) is -3.74. The van der Waals surface area contributed by atoms with E-state index in [1.54, 1.807) is 4.90 Å². The molecule has 6 nitrogen and oxygen atoms in total. The van der Waals surface area contributed by atoms with E-state index in [1.807, 2.05) is 0 Å². The summed E-state index contributed by atoms with van der Waals surface area (Å²) in [6, 6.07) is 1.38. The number of rotatable bonds is 3. The van der Waals surface area contributed by atoms with E-state index in [2.05, 4.69) is 0 Å². The van der Waals surface area contributed by atoms with Gasteiger partial charge in [0.1, 0.15) is 4.21 Å². The molecule has 0 aromatic carbocycles. The molecule has 20 heavy (non-hydrogen) atoms. The van der Waals surface area contributed by atoms with Gasteiger partial charge >= 0.3 is 0 Å². The zero-order chi connectivity index (χ0) is 14.0. The molecule has 1 unspecified atom stereocenters. The molecule has 2 rings (SSSR count). The van der Waals surface area contributed by atoms with Gasteiger partial charge in [0.25, 0.3) is 5.91 Å². The van der Waals surface area contributed by atoms with E-state index < -0.39 is 10.0 Å². The molecule has 0 aliphatic carbocycles. The van der Waals surface area contributed by atoms with Gasteiger partial charge in [0.05, 0.1) is 5.56 Å². The molecule has 0 bridgehead atoms. The smallest absolute Gasteiger partial charge is 0.255 e. The molecular weight excluding hydrogens is 322 g/mol. The average molecular weight is 340 g/mol. The Kier molecular flexibility index (Phi) is 5.96. The highest BCUT2D eigenvalue weighted by molar-refractivity contribution is 7.91. The molecule has 4 N–H and O–H groups in total. The Hall–Kier alpha value is -0.670. The molecule has 0 spiro atoms. The molecule has 1 aliphatic rings. The molecule has 1 aromatic rings. The van der Waals surface area contributed by atoms with Crippen molar-refractivity contribution in [3.8, 4) is 0 Å². The number of halogens is 1. The molecule has 0 radical (unpaired) electrons. The summed E-state index contributed by atoms with van der Waals surface area (Å²) in [6.45, 7) is 1.10. The summed E-state index contributed by atoms with van der Waals surface area (Å²) in [5.74, 6) is -0.165. The van der Waals surface area contributed by atoms with E-state index in [1.165, 1.54) is 11.4 Å². The monoisotopic (exact) mass is 339 g/mol. The second kappa shape index (κ2) is 6.86. The third kappa shape index (κ3) is 3.70. The van der Waals surface area contributed by atoms with E-state index in [4.69, 9.17) is 10.9 Å². The number of carbonyl (C=O) groups excluding carboxylic acids is 1. The second-order valence-corrected chi connectivity index (χ2v) is 7.28. The molecule has 1 aliphatic heterocycles. The molecule has 9 heteroatoms. The van der Waals surface area contributed by atoms with Crippen LogP contribution in [0.15, 0.2) is 15.7 Å². The highest BCUT2D eigenvalue weighted by Gasteiger charge is 2.27. The first-order valence-corrected chi connectivity index (χ1v) is 8.48. The van der Waals surface area contributed by atoms with Crippen LogP contribution in [-0.2, 0) is 10.0 Å². The van der Waals surface area contributed by atoms with Crippen molar-refractivity contribution < 1.29 is 13.2 Å². The van der Waals surface area contributed by atoms with Crippen LogP contribution in [0.25, 0.3) is 0 Å². The largest absolute Gasteiger partial charge is 0.334 e. The van der Waals surface area contributed by atoms with Gasteiger partial charge in [0, 0.05) is 24.5 Å². The standard InChI is InChI=1S/C11H17N3O3S2.ClH/c12-6-9-3-1-2-4-14(9)11(15)8-5-10(18-7-8)19(13,16)17;/h5,7,9H,1-4,6,12H2,(H2,13,16,17);1H. The maximum absolute atomic E-state index is 12.4. The topological polar surface area (TPSA) is 106 Å². The minimum Gasteiger partial charge on any atom is -0.334 e. The Morgan fingerprint density at radius 2 is 2.15 bits per heavy atom. The van der Waals surface area contributed by atoms with Crippen LogP contribution in [0.2, 0.25) is 0 Å². The number of nitrogens with zero attached hydrogens (tertiary/aromatic N) is 1. The quantitative estimate of drug-likeness (QED) is 0.848. The Balaban J connectivity index is 0.00000200. The first-order chi connectivity index (χ1) is 8.93. The molecule has 2 heterocycles. The zero-order valence-electron chi connectivity index (χ0n) is 10.8. The van der Waals surface area contributed by atoms with Gasteiger partial charge in [0.15, 0.2) is 0 Å². The van der Waals surface area contributed by atoms with Crippen LogP contribution in [-0.4, -0.2) is 38.4 Å². The maximum Gasteiger partial charge on any atom is 0.255 e. The van der Waals surface area contributed by atoms with E-state index in [9.17, 15) is 13.2 Å². The number of amides is 1. The molecule has 1 fully saturated rings. The normalized spacial score (nSPS) is 19.5. The molecule has 0 saturated carbocycles. The number of primary sulfonamides is 1. The van der Waals surface area contributed by atoms with Gasteiger partial charge in [-0.05, 0) is 25.3 Å². The van der Waals surface area contributed by atoms with Crippen molar-refractivity contribution in [3.63, 3.8) is 0 Å². The summed E-state index contributed by atoms with van der Waals surface area (Å²) in [5, 5.41) is 6.57. The first kappa shape index (κ1) is 17.4. The van der Waals surface area contributed by atoms with Crippen LogP contribution in [0.4, 0.5) is 0 Å². The Morgan fingerprint density at radius 3 is 2.70 bits per heavy atom. The fraction of sp³-hybridized carbons (Fsp3) is 0.545. The second-order valence-electron chi connectivity index (χ2n) is 4.58. The molecule has 114 valence electrons. The van der Waals surface area contributed by atoms with Gasteiger partial charge < -0.3 is 10.6 Å². The van der Waals surface area contributed by atoms with Gasteiger partial charge in [-0.25, -0.2) is 13.6 Å². The lowest BCUT2D eigenvalue weighted by Crippen LogP contribution is -2.47. The summed E-state index contributed by atoms with van der Waals surface area (Å²) < 4.78 is 22.4. The van der Waals surface area contributed by atoms with Gasteiger partial charge in [0.2, 0.25) is 10.0 Å². The third-order valence-corrected chi connectivity index (χ3v) is 5.65. The number of likely N-dealkylation sites (tertiary alicyclic amines) is 1. The Labute approximate surface area is 128 Å². The van der Waals surface area contributed by atoms with Crippen LogP contribution in [0.5, 0.6) is 0 Å². The van der Waals surface area contributed by atoms with Crippen molar-refractivity contribution in [2.24, 2.45) is 10.9 Å². The minimum absolute atomic E-state index is 0. The fourth-order valence-electron chi connectivity index (χ4n) is 2.26. The van der Waals surface area contributed by atoms with Gasteiger partial charge in [-0.3, -0.25) is 4.79 Å². The molecule has 1 amide bonds. The number of hydrogen-bond acceptors (Lipinski definition) is 5. The molecule has 1 saturated heterocycles. The van der Waals surface area contributed by atoms with Crippen molar-refractivity contribution in [1.29, 1.82) is 0 Å². The van der Waals surface area contributed by atoms with Crippen molar-refractivity contribution >= 4 is 39.7 Å². The number of nitrogens with two attached hydrogens (primary N) is 2. The summed E-state index contributed by atoms with van der Waals surface area (Å²) >= 11 is 0.966. The maximum atomic E-state index is 12.4. The fourth-order valence-corrected chi connectivity index (χ4v) is 3.84. The summed E-state index contributed by atoms with van der Waals surface area (Å²) in [6.07, 6.45) is 2.92. The lowest BCUT2D eigenvalue weighted by molar-refractivity contribution is 0.0624. The van der Waals surface area contributed by atoms with E-state index in [0.29, 0.717) is 18.7 Å². The third-order valence-electron chi connectivity index (χ3n) is 3.26. The van der Waals surface area contributed by atoms with E-state index in [0.717, 1.165) is 30.6 Å². The summed E-state index contributed by atoms with van der Waals surface area (Å²) in [5.41, 5.74) is 6.05. The zero-order valence-corrected chi connectivity index (χ0v) is 13.3. The van der Waals surface area contributed by atoms with Gasteiger partial charge in [-0.15, -0.1) is 23.7 Å². The minimum atomic E-state index is -3.74. The lowest BCUT2D eigenvalue weighted by atomic mass is 10.0. The number of thiophene rings is 1. The highest BCUT2D eigenvalue weighted by Crippen LogP contribution is 2.23. The van der Waals surface area contributed by atoms with Crippen molar-refractivity contribution in [1.82, 2.24) is 4.90 Å². The number of piperidine rings is 1. The van der Waals surface area contributed by atoms with Crippen LogP contribution in [0, 0.1) is 0 Å². The number of sulfonamides is 1. The van der Waals surface area contributed by atoms with Crippen molar-refractivity contribution in [2.75, 3.05) is 13.1 Å². The Bertz CT molecular complexity index is 573.